The van der Waals surface area contributed by atoms with E-state index in [2.05, 4.69) is 6.92 Å². The quantitative estimate of drug-likeness (QED) is 0.438. The maximum atomic E-state index is 13.2. The first kappa shape index (κ1) is 22.9. The molecule has 2 aliphatic heterocycles. The summed E-state index contributed by atoms with van der Waals surface area (Å²) in [6.07, 6.45) is 7.04. The molecule has 9 nitrogen and oxygen atoms in total. The van der Waals surface area contributed by atoms with Gasteiger partial charge >= 0.3 is 6.03 Å². The number of amides is 4. The second kappa shape index (κ2) is 11.0. The van der Waals surface area contributed by atoms with Gasteiger partial charge in [-0.15, -0.1) is 0 Å². The Morgan fingerprint density at radius 2 is 1.83 bits per heavy atom. The number of primary amides is 1. The van der Waals surface area contributed by atoms with Crippen molar-refractivity contribution >= 4 is 17.8 Å². The van der Waals surface area contributed by atoms with Gasteiger partial charge in [0, 0.05) is 6.54 Å². The van der Waals surface area contributed by atoms with Crippen LogP contribution in [0.4, 0.5) is 4.79 Å². The smallest absolute Gasteiger partial charge is 0.331 e. The third kappa shape index (κ3) is 5.38. The van der Waals surface area contributed by atoms with Crippen LogP contribution in [0.5, 0.6) is 0 Å². The van der Waals surface area contributed by atoms with Crippen molar-refractivity contribution < 1.29 is 14.4 Å². The van der Waals surface area contributed by atoms with Crippen LogP contribution in [0.3, 0.4) is 0 Å². The van der Waals surface area contributed by atoms with Crippen LogP contribution < -0.4 is 5.73 Å². The summed E-state index contributed by atoms with van der Waals surface area (Å²) < 4.78 is 0. The van der Waals surface area contributed by atoms with Gasteiger partial charge in [0.2, 0.25) is 11.8 Å². The highest BCUT2D eigenvalue weighted by molar-refractivity contribution is 5.91. The van der Waals surface area contributed by atoms with Crippen molar-refractivity contribution in [2.75, 3.05) is 26.2 Å². The molecular formula is C20H34N6O3. The van der Waals surface area contributed by atoms with Crippen molar-refractivity contribution in [3.63, 3.8) is 0 Å². The largest absolute Gasteiger partial charge is 0.350 e. The monoisotopic (exact) mass is 406 g/mol. The van der Waals surface area contributed by atoms with E-state index in [0.717, 1.165) is 38.5 Å². The summed E-state index contributed by atoms with van der Waals surface area (Å²) in [5, 5.41) is 11.8. The van der Waals surface area contributed by atoms with Crippen LogP contribution in [0.1, 0.15) is 65.2 Å². The average molecular weight is 407 g/mol. The Labute approximate surface area is 173 Å². The SMILES string of the molecule is CCCCCCCN1CC2N(C(=O)CN(CC#N)N2C(N)=O)[C@@H](CCCC)C1=O. The standard InChI is InChI=1S/C20H34N6O3/c1-3-5-7-8-9-12-23-14-17-25(16(19(23)28)10-6-4-2)18(27)15-24(13-11-21)26(17)20(22)29/h16-17H,3-10,12-15H2,1-2H3,(H2,22,29)/t16-,17?/m0/s1. The topological polar surface area (TPSA) is 114 Å². The Balaban J connectivity index is 2.24. The minimum atomic E-state index is -0.714. The predicted molar refractivity (Wildman–Crippen MR) is 108 cm³/mol. The molecule has 29 heavy (non-hydrogen) atoms. The first-order valence-corrected chi connectivity index (χ1v) is 10.8. The van der Waals surface area contributed by atoms with E-state index in [1.165, 1.54) is 21.3 Å². The molecule has 1 unspecified atom stereocenters. The number of fused-ring (bicyclic) bond motifs is 1. The molecule has 2 heterocycles. The Hall–Kier alpha value is -2.34. The molecule has 4 amide bonds. The number of nitrogens with two attached hydrogens (primary N) is 1. The Morgan fingerprint density at radius 3 is 2.45 bits per heavy atom. The van der Waals surface area contributed by atoms with Crippen molar-refractivity contribution in [1.29, 1.82) is 5.26 Å². The number of unbranched alkanes of at least 4 members (excludes halogenated alkanes) is 5. The molecule has 0 radical (unpaired) electrons. The molecule has 0 aliphatic carbocycles. The van der Waals surface area contributed by atoms with Gasteiger partial charge in [-0.05, 0) is 12.8 Å². The Kier molecular flexibility index (Phi) is 8.70. The van der Waals surface area contributed by atoms with Gasteiger partial charge in [0.1, 0.15) is 18.8 Å². The highest BCUT2D eigenvalue weighted by Gasteiger charge is 2.50. The summed E-state index contributed by atoms with van der Waals surface area (Å²) in [6.45, 7) is 4.80. The van der Waals surface area contributed by atoms with E-state index in [4.69, 9.17) is 11.0 Å². The number of nitrogens with zero attached hydrogens (tertiary/aromatic N) is 5. The van der Waals surface area contributed by atoms with Crippen LogP contribution in [0.25, 0.3) is 0 Å². The second-order valence-corrected chi connectivity index (χ2v) is 7.80. The van der Waals surface area contributed by atoms with Gasteiger partial charge in [0.25, 0.3) is 0 Å². The molecule has 0 aromatic rings. The maximum absolute atomic E-state index is 13.2. The minimum absolute atomic E-state index is 0.0447. The number of hydrogen-bond acceptors (Lipinski definition) is 5. The molecule has 2 atom stereocenters. The van der Waals surface area contributed by atoms with Gasteiger partial charge in [-0.25, -0.2) is 9.80 Å². The molecule has 162 valence electrons. The van der Waals surface area contributed by atoms with E-state index >= 15 is 0 Å². The average Bonchev–Trinajstić information content (AvgIpc) is 2.67. The van der Waals surface area contributed by atoms with E-state index in [-0.39, 0.29) is 31.4 Å². The van der Waals surface area contributed by atoms with E-state index in [9.17, 15) is 14.4 Å². The molecule has 2 N–H and O–H groups in total. The zero-order valence-electron chi connectivity index (χ0n) is 17.7. The summed E-state index contributed by atoms with van der Waals surface area (Å²) in [6, 6.07) is 0.689. The molecule has 2 aliphatic rings. The Bertz CT molecular complexity index is 634. The summed E-state index contributed by atoms with van der Waals surface area (Å²) in [7, 11) is 0. The second-order valence-electron chi connectivity index (χ2n) is 7.80. The van der Waals surface area contributed by atoms with E-state index < -0.39 is 18.2 Å². The van der Waals surface area contributed by atoms with E-state index in [1.54, 1.807) is 4.90 Å². The highest BCUT2D eigenvalue weighted by Crippen LogP contribution is 2.28. The lowest BCUT2D eigenvalue weighted by Crippen LogP contribution is -2.76. The van der Waals surface area contributed by atoms with Crippen molar-refractivity contribution in [1.82, 2.24) is 19.8 Å². The maximum Gasteiger partial charge on any atom is 0.331 e. The van der Waals surface area contributed by atoms with Crippen LogP contribution in [0, 0.1) is 11.3 Å². The third-order valence-electron chi connectivity index (χ3n) is 5.67. The fourth-order valence-electron chi connectivity index (χ4n) is 4.22. The molecule has 2 saturated heterocycles. The first-order valence-electron chi connectivity index (χ1n) is 10.8. The number of hydrazine groups is 1. The van der Waals surface area contributed by atoms with Crippen LogP contribution in [0.2, 0.25) is 0 Å². The van der Waals surface area contributed by atoms with Gasteiger partial charge in [0.15, 0.2) is 0 Å². The number of nitriles is 1. The van der Waals surface area contributed by atoms with Crippen molar-refractivity contribution in [2.24, 2.45) is 5.73 Å². The predicted octanol–water partition coefficient (Wildman–Crippen LogP) is 1.65. The lowest BCUT2D eigenvalue weighted by molar-refractivity contribution is -0.188. The highest BCUT2D eigenvalue weighted by atomic mass is 16.2. The fourth-order valence-corrected chi connectivity index (χ4v) is 4.22. The normalized spacial score (nSPS) is 22.6. The summed E-state index contributed by atoms with van der Waals surface area (Å²) >= 11 is 0. The third-order valence-corrected chi connectivity index (χ3v) is 5.67. The number of carbonyl (C=O) groups is 3. The van der Waals surface area contributed by atoms with E-state index in [0.29, 0.717) is 13.0 Å². The van der Waals surface area contributed by atoms with Crippen molar-refractivity contribution in [3.8, 4) is 6.07 Å². The molecule has 0 aromatic carbocycles. The molecule has 2 rings (SSSR count). The van der Waals surface area contributed by atoms with E-state index in [1.807, 2.05) is 13.0 Å². The minimum Gasteiger partial charge on any atom is -0.350 e. The van der Waals surface area contributed by atoms with Crippen LogP contribution in [-0.2, 0) is 9.59 Å². The molecule has 9 heteroatoms. The summed E-state index contributed by atoms with van der Waals surface area (Å²) in [5.74, 6) is -0.281. The van der Waals surface area contributed by atoms with Gasteiger partial charge in [-0.1, -0.05) is 52.4 Å². The van der Waals surface area contributed by atoms with Gasteiger partial charge in [-0.2, -0.15) is 10.3 Å². The summed E-state index contributed by atoms with van der Waals surface area (Å²) in [5.41, 5.74) is 5.62. The van der Waals surface area contributed by atoms with Crippen LogP contribution in [0.15, 0.2) is 0 Å². The first-order chi connectivity index (χ1) is 14.0. The van der Waals surface area contributed by atoms with Gasteiger partial charge in [0.05, 0.1) is 19.2 Å². The van der Waals surface area contributed by atoms with Crippen LogP contribution >= 0.6 is 0 Å². The molecule has 0 bridgehead atoms. The van der Waals surface area contributed by atoms with Gasteiger partial charge < -0.3 is 15.5 Å². The Morgan fingerprint density at radius 1 is 1.14 bits per heavy atom. The van der Waals surface area contributed by atoms with Crippen LogP contribution in [-0.4, -0.2) is 76.0 Å². The zero-order valence-corrected chi connectivity index (χ0v) is 17.7. The van der Waals surface area contributed by atoms with Crippen molar-refractivity contribution in [2.45, 2.75) is 77.4 Å². The lowest BCUT2D eigenvalue weighted by Gasteiger charge is -2.54. The number of carbonyl (C=O) groups excluding carboxylic acids is 3. The van der Waals surface area contributed by atoms with Crippen molar-refractivity contribution in [3.05, 3.63) is 0 Å². The molecular weight excluding hydrogens is 372 g/mol. The molecule has 0 spiro atoms. The number of urea groups is 1. The molecule has 0 aromatic heterocycles. The molecule has 2 fully saturated rings. The molecule has 0 saturated carbocycles. The number of hydrogen-bond donors (Lipinski definition) is 1. The summed E-state index contributed by atoms with van der Waals surface area (Å²) in [4.78, 5) is 41.5. The number of rotatable bonds is 10. The zero-order chi connectivity index (χ0) is 21.4. The lowest BCUT2D eigenvalue weighted by atomic mass is 10.0. The van der Waals surface area contributed by atoms with Gasteiger partial charge in [-0.3, -0.25) is 9.59 Å². The fraction of sp³-hybridized carbons (Fsp3) is 0.800. The number of piperazine rings is 1.